The predicted octanol–water partition coefficient (Wildman–Crippen LogP) is 5.84. The van der Waals surface area contributed by atoms with Gasteiger partial charge in [-0.1, -0.05) is 54.7 Å². The first-order valence-corrected chi connectivity index (χ1v) is 15.4. The Balaban J connectivity index is 1.45. The van der Waals surface area contributed by atoms with Crippen LogP contribution in [0.25, 0.3) is 28.2 Å². The van der Waals surface area contributed by atoms with Crippen LogP contribution >= 0.6 is 23.2 Å². The summed E-state index contributed by atoms with van der Waals surface area (Å²) in [6.07, 6.45) is 8.05. The van der Waals surface area contributed by atoms with Gasteiger partial charge in [-0.25, -0.2) is 15.5 Å². The molecule has 6 rings (SSSR count). The summed E-state index contributed by atoms with van der Waals surface area (Å²) in [7, 11) is 0. The fraction of sp³-hybridized carbons (Fsp3) is 0.182. The molecular weight excluding hydrogens is 625 g/mol. The second kappa shape index (κ2) is 13.2. The van der Waals surface area contributed by atoms with Crippen molar-refractivity contribution in [3.8, 4) is 28.2 Å². The van der Waals surface area contributed by atoms with E-state index >= 15 is 0 Å². The number of nitrogens with one attached hydrogen (secondary N) is 1. The van der Waals surface area contributed by atoms with Gasteiger partial charge in [0, 0.05) is 34.3 Å². The van der Waals surface area contributed by atoms with Crippen molar-refractivity contribution in [2.24, 2.45) is 17.5 Å². The van der Waals surface area contributed by atoms with E-state index in [0.29, 0.717) is 58.3 Å². The summed E-state index contributed by atoms with van der Waals surface area (Å²) >= 11 is 12.2. The van der Waals surface area contributed by atoms with Crippen LogP contribution in [-0.4, -0.2) is 30.2 Å². The highest BCUT2D eigenvalue weighted by molar-refractivity contribution is 6.31. The number of rotatable bonds is 5. The number of nitrogens with zero attached hydrogens (tertiary/aromatic N) is 6. The molecule has 1 amide bonds. The summed E-state index contributed by atoms with van der Waals surface area (Å²) in [6.45, 7) is 1.90. The molecule has 0 saturated carbocycles. The average molecular weight is 657 g/mol. The number of carbonyl (C=O) groups excluding carboxylic acids is 1. The lowest BCUT2D eigenvalue weighted by Gasteiger charge is -2.23. The Morgan fingerprint density at radius 2 is 1.87 bits per heavy atom. The molecule has 2 bridgehead atoms. The number of amides is 1. The highest BCUT2D eigenvalue weighted by Gasteiger charge is 2.25. The number of para-hydroxylation sites is 1. The van der Waals surface area contributed by atoms with Gasteiger partial charge in [-0.05, 0) is 55.3 Å². The van der Waals surface area contributed by atoms with Crippen molar-refractivity contribution in [3.05, 3.63) is 118 Å². The minimum absolute atomic E-state index is 0.0188. The Hall–Kier alpha value is -4.97. The van der Waals surface area contributed by atoms with Crippen LogP contribution in [0.4, 0.5) is 11.4 Å². The first kappa shape index (κ1) is 31.0. The van der Waals surface area contributed by atoms with Crippen molar-refractivity contribution in [2.45, 2.75) is 32.2 Å². The van der Waals surface area contributed by atoms with Crippen LogP contribution in [0.3, 0.4) is 0 Å². The van der Waals surface area contributed by atoms with Gasteiger partial charge in [-0.3, -0.25) is 24.1 Å². The van der Waals surface area contributed by atoms with Crippen molar-refractivity contribution < 1.29 is 4.79 Å². The molecule has 3 aromatic heterocycles. The summed E-state index contributed by atoms with van der Waals surface area (Å²) in [6, 6.07) is 19.5. The molecule has 46 heavy (non-hydrogen) atoms. The Morgan fingerprint density at radius 1 is 1.07 bits per heavy atom. The van der Waals surface area contributed by atoms with Crippen molar-refractivity contribution in [1.29, 1.82) is 0 Å². The maximum atomic E-state index is 13.8. The molecule has 0 radical (unpaired) electrons. The maximum Gasteiger partial charge on any atom is 0.254 e. The van der Waals surface area contributed by atoms with Crippen molar-refractivity contribution >= 4 is 40.5 Å². The summed E-state index contributed by atoms with van der Waals surface area (Å²) in [5.74, 6) is 5.81. The van der Waals surface area contributed by atoms with Crippen LogP contribution in [0.5, 0.6) is 0 Å². The maximum absolute atomic E-state index is 13.8. The Bertz CT molecular complexity index is 1990. The lowest BCUT2D eigenvalue weighted by atomic mass is 9.97. The van der Waals surface area contributed by atoms with E-state index in [1.54, 1.807) is 39.8 Å². The van der Waals surface area contributed by atoms with E-state index < -0.39 is 6.04 Å². The molecule has 0 spiro atoms. The van der Waals surface area contributed by atoms with Crippen LogP contribution in [0, 0.1) is 5.92 Å². The first-order chi connectivity index (χ1) is 22.2. The summed E-state index contributed by atoms with van der Waals surface area (Å²) in [5.41, 5.74) is 10.3. The summed E-state index contributed by atoms with van der Waals surface area (Å²) in [4.78, 5) is 36.4. The molecule has 4 heterocycles. The largest absolute Gasteiger partial charge is 0.388 e. The van der Waals surface area contributed by atoms with Crippen molar-refractivity contribution in [1.82, 2.24) is 24.3 Å². The minimum Gasteiger partial charge on any atom is -0.388 e. The number of hydrazine groups is 1. The number of fused-ring (bicyclic) bond motifs is 4. The number of carbonyl (C=O) groups is 1. The third kappa shape index (κ3) is 6.38. The van der Waals surface area contributed by atoms with Gasteiger partial charge in [0.05, 0.1) is 58.9 Å². The van der Waals surface area contributed by atoms with Gasteiger partial charge in [0.2, 0.25) is 5.91 Å². The Kier molecular flexibility index (Phi) is 8.89. The lowest BCUT2D eigenvalue weighted by molar-refractivity contribution is -0.119. The van der Waals surface area contributed by atoms with Gasteiger partial charge in [0.1, 0.15) is 5.16 Å². The number of anilines is 2. The normalized spacial score (nSPS) is 17.0. The molecule has 2 atom stereocenters. The summed E-state index contributed by atoms with van der Waals surface area (Å²) in [5, 5.41) is 9.37. The molecule has 11 nitrogen and oxygen atoms in total. The zero-order valence-corrected chi connectivity index (χ0v) is 26.4. The number of hydrogen-bond donors (Lipinski definition) is 3. The van der Waals surface area contributed by atoms with Gasteiger partial charge >= 0.3 is 0 Å². The van der Waals surface area contributed by atoms with E-state index in [4.69, 9.17) is 39.8 Å². The SMILES string of the molecule is CC1CCCC(n2cnc(-c3cc(Cl)ccc3N(N)/C=C(\N)Cl)cc2=O)c2cc(ccn2)-c2c(cnn2-c2ccccc2)NC1=O. The quantitative estimate of drug-likeness (QED) is 0.121. The van der Waals surface area contributed by atoms with E-state index in [9.17, 15) is 9.59 Å². The number of nitrogens with two attached hydrogens (primary N) is 2. The van der Waals surface area contributed by atoms with Gasteiger partial charge in [-0.2, -0.15) is 5.10 Å². The highest BCUT2D eigenvalue weighted by Crippen LogP contribution is 2.35. The zero-order chi connectivity index (χ0) is 32.4. The van der Waals surface area contributed by atoms with Crippen molar-refractivity contribution in [2.75, 3.05) is 10.3 Å². The third-order valence-corrected chi connectivity index (χ3v) is 8.27. The van der Waals surface area contributed by atoms with Gasteiger partial charge in [-0.15, -0.1) is 0 Å². The van der Waals surface area contributed by atoms with Crippen LogP contribution in [0.1, 0.15) is 37.9 Å². The topological polar surface area (TPSA) is 150 Å². The number of pyridine rings is 1. The molecule has 0 saturated heterocycles. The molecular formula is C33H31Cl2N9O2. The zero-order valence-electron chi connectivity index (χ0n) is 24.8. The van der Waals surface area contributed by atoms with Gasteiger partial charge in [0.25, 0.3) is 5.56 Å². The second-order valence-electron chi connectivity index (χ2n) is 11.1. The molecule has 1 aliphatic rings. The van der Waals surface area contributed by atoms with E-state index in [-0.39, 0.29) is 22.5 Å². The highest BCUT2D eigenvalue weighted by atomic mass is 35.5. The third-order valence-electron chi connectivity index (χ3n) is 7.93. The molecule has 2 unspecified atom stereocenters. The molecule has 13 heteroatoms. The predicted molar refractivity (Wildman–Crippen MR) is 180 cm³/mol. The van der Waals surface area contributed by atoms with Crippen LogP contribution in [0.15, 0.2) is 102 Å². The van der Waals surface area contributed by atoms with E-state index in [1.807, 2.05) is 49.4 Å². The van der Waals surface area contributed by atoms with Crippen LogP contribution in [0.2, 0.25) is 5.02 Å². The fourth-order valence-electron chi connectivity index (χ4n) is 5.63. The molecule has 5 N–H and O–H groups in total. The molecule has 0 aliphatic carbocycles. The van der Waals surface area contributed by atoms with E-state index in [1.165, 1.54) is 23.6 Å². The smallest absolute Gasteiger partial charge is 0.254 e. The lowest BCUT2D eigenvalue weighted by Crippen LogP contribution is -2.28. The summed E-state index contributed by atoms with van der Waals surface area (Å²) < 4.78 is 3.36. The average Bonchev–Trinajstić information content (AvgIpc) is 3.46. The number of halogens is 2. The van der Waals surface area contributed by atoms with Gasteiger partial charge in [0.15, 0.2) is 0 Å². The minimum atomic E-state index is -0.455. The number of hydrogen-bond acceptors (Lipinski definition) is 8. The van der Waals surface area contributed by atoms with Gasteiger partial charge < -0.3 is 11.1 Å². The Morgan fingerprint density at radius 3 is 2.63 bits per heavy atom. The number of benzene rings is 2. The monoisotopic (exact) mass is 655 g/mol. The van der Waals surface area contributed by atoms with E-state index in [0.717, 1.165) is 11.3 Å². The molecule has 234 valence electrons. The number of aromatic nitrogens is 5. The Labute approximate surface area is 275 Å². The van der Waals surface area contributed by atoms with E-state index in [2.05, 4.69) is 15.4 Å². The molecule has 5 aromatic rings. The fourth-order valence-corrected chi connectivity index (χ4v) is 5.90. The van der Waals surface area contributed by atoms with Crippen molar-refractivity contribution in [3.63, 3.8) is 0 Å². The first-order valence-electron chi connectivity index (χ1n) is 14.6. The van der Waals surface area contributed by atoms with Crippen LogP contribution in [-0.2, 0) is 4.79 Å². The standard InChI is InChI=1S/C33H31Cl2N9O2/c1-20-6-5-9-29(42-19-39-25(16-31(42)45)24-15-22(34)10-11-28(24)43(37)18-30(35)36)26-14-21(12-13-38-26)32-27(41-33(20)46)17-40-44(32)23-7-3-2-4-8-23/h2-4,7-8,10-20,29H,5-6,9,36-37H2,1H3,(H,41,46)/b30-18-. The second-order valence-corrected chi connectivity index (χ2v) is 11.9. The molecule has 0 fully saturated rings. The molecule has 2 aromatic carbocycles. The van der Waals surface area contributed by atoms with Crippen LogP contribution < -0.4 is 27.5 Å². The molecule has 1 aliphatic heterocycles.